The van der Waals surface area contributed by atoms with E-state index in [1.807, 2.05) is 27.7 Å². The summed E-state index contributed by atoms with van der Waals surface area (Å²) in [6.07, 6.45) is 1.00. The Hall–Kier alpha value is -1.54. The fraction of sp³-hybridized carbons (Fsp3) is 0.615. The minimum Gasteiger partial charge on any atom is -0.358 e. The highest BCUT2D eigenvalue weighted by atomic mass is 32.2. The van der Waals surface area contributed by atoms with Gasteiger partial charge < -0.3 is 10.1 Å². The number of aromatic nitrogens is 1. The van der Waals surface area contributed by atoms with E-state index in [1.54, 1.807) is 0 Å². The molecule has 1 rings (SSSR count). The average Bonchev–Trinajstić information content (AvgIpc) is 2.38. The maximum atomic E-state index is 12.1. The Morgan fingerprint density at radius 2 is 1.81 bits per heavy atom. The molecule has 0 fully saturated rings. The zero-order chi connectivity index (χ0) is 16.2. The fourth-order valence-corrected chi connectivity index (χ4v) is 3.19. The molecule has 0 aliphatic rings. The van der Waals surface area contributed by atoms with Crippen LogP contribution in [0.25, 0.3) is 0 Å². The number of rotatable bonds is 7. The molecule has 1 aromatic heterocycles. The van der Waals surface area contributed by atoms with Crippen LogP contribution < -0.4 is 4.72 Å². The molecule has 0 bridgehead atoms. The van der Waals surface area contributed by atoms with Crippen LogP contribution in [0.4, 0.5) is 5.82 Å². The largest absolute Gasteiger partial charge is 0.363 e. The van der Waals surface area contributed by atoms with E-state index in [4.69, 9.17) is 0 Å². The molecule has 118 valence electrons. The third kappa shape index (κ3) is 4.75. The van der Waals surface area contributed by atoms with Crippen LogP contribution in [0.15, 0.2) is 23.2 Å². The molecular formula is C13H21N3O4S. The van der Waals surface area contributed by atoms with Gasteiger partial charge in [-0.05, 0) is 33.7 Å². The number of nitrogens with zero attached hydrogens (tertiary/aromatic N) is 2. The molecule has 1 N–H and O–H groups in total. The van der Waals surface area contributed by atoms with Crippen molar-refractivity contribution in [3.05, 3.63) is 28.4 Å². The van der Waals surface area contributed by atoms with Crippen LogP contribution >= 0.6 is 0 Å². The number of nitrogens with one attached hydrogen (secondary N) is 1. The van der Waals surface area contributed by atoms with Gasteiger partial charge in [-0.1, -0.05) is 27.7 Å². The third-order valence-electron chi connectivity index (χ3n) is 3.44. The molecule has 1 heterocycles. The van der Waals surface area contributed by atoms with Gasteiger partial charge in [-0.15, -0.1) is 0 Å². The van der Waals surface area contributed by atoms with Gasteiger partial charge >= 0.3 is 5.82 Å². The van der Waals surface area contributed by atoms with Crippen molar-refractivity contribution >= 4 is 15.8 Å². The monoisotopic (exact) mass is 315 g/mol. The van der Waals surface area contributed by atoms with Crippen molar-refractivity contribution in [3.8, 4) is 0 Å². The highest BCUT2D eigenvalue weighted by Crippen LogP contribution is 2.20. The van der Waals surface area contributed by atoms with Crippen LogP contribution in [-0.4, -0.2) is 24.9 Å². The van der Waals surface area contributed by atoms with Crippen molar-refractivity contribution in [2.75, 3.05) is 6.54 Å². The van der Waals surface area contributed by atoms with Gasteiger partial charge in [0.1, 0.15) is 4.90 Å². The second kappa shape index (κ2) is 6.95. The van der Waals surface area contributed by atoms with Crippen molar-refractivity contribution < 1.29 is 13.3 Å². The Morgan fingerprint density at radius 3 is 2.19 bits per heavy atom. The first-order valence-electron chi connectivity index (χ1n) is 6.75. The summed E-state index contributed by atoms with van der Waals surface area (Å²) in [7, 11) is -3.70. The lowest BCUT2D eigenvalue weighted by molar-refractivity contribution is -0.389. The minimum atomic E-state index is -3.70. The standard InChI is InChI=1S/C13H21N3O4S/c1-9(2)12(10(3)4)8-15-21(19,20)11-5-6-13(14-7-11)16(17)18/h5-7,9-10,12,15H,8H2,1-4H3. The molecule has 7 nitrogen and oxygen atoms in total. The van der Waals surface area contributed by atoms with Crippen molar-refractivity contribution in [3.63, 3.8) is 0 Å². The van der Waals surface area contributed by atoms with Gasteiger partial charge in [-0.25, -0.2) is 13.1 Å². The lowest BCUT2D eigenvalue weighted by Crippen LogP contribution is -2.34. The smallest absolute Gasteiger partial charge is 0.358 e. The summed E-state index contributed by atoms with van der Waals surface area (Å²) in [5.74, 6) is 0.535. The Morgan fingerprint density at radius 1 is 1.24 bits per heavy atom. The normalized spacial score (nSPS) is 12.3. The molecule has 0 saturated carbocycles. The van der Waals surface area contributed by atoms with E-state index in [2.05, 4.69) is 9.71 Å². The molecule has 0 unspecified atom stereocenters. The highest BCUT2D eigenvalue weighted by Gasteiger charge is 2.23. The molecular weight excluding hydrogens is 294 g/mol. The molecule has 0 atom stereocenters. The topological polar surface area (TPSA) is 102 Å². The highest BCUT2D eigenvalue weighted by molar-refractivity contribution is 7.89. The van der Waals surface area contributed by atoms with Crippen molar-refractivity contribution in [2.24, 2.45) is 17.8 Å². The van der Waals surface area contributed by atoms with E-state index in [0.29, 0.717) is 18.4 Å². The Labute approximate surface area is 125 Å². The molecule has 0 aliphatic heterocycles. The molecule has 0 radical (unpaired) electrons. The summed E-state index contributed by atoms with van der Waals surface area (Å²) in [6.45, 7) is 8.52. The summed E-state index contributed by atoms with van der Waals surface area (Å²) in [4.78, 5) is 13.3. The van der Waals surface area contributed by atoms with Gasteiger partial charge in [0.15, 0.2) is 6.20 Å². The second-order valence-electron chi connectivity index (χ2n) is 5.61. The number of hydrogen-bond donors (Lipinski definition) is 1. The van der Waals surface area contributed by atoms with Crippen LogP contribution in [0.2, 0.25) is 0 Å². The maximum Gasteiger partial charge on any atom is 0.363 e. The maximum absolute atomic E-state index is 12.1. The predicted octanol–water partition coefficient (Wildman–Crippen LogP) is 2.20. The zero-order valence-electron chi connectivity index (χ0n) is 12.6. The van der Waals surface area contributed by atoms with E-state index < -0.39 is 14.9 Å². The molecule has 0 saturated heterocycles. The van der Waals surface area contributed by atoms with Gasteiger partial charge in [0, 0.05) is 12.6 Å². The first-order valence-corrected chi connectivity index (χ1v) is 8.23. The molecule has 21 heavy (non-hydrogen) atoms. The van der Waals surface area contributed by atoms with Crippen molar-refractivity contribution in [1.29, 1.82) is 0 Å². The summed E-state index contributed by atoms with van der Waals surface area (Å²) in [6, 6.07) is 2.27. The Kier molecular flexibility index (Phi) is 5.79. The van der Waals surface area contributed by atoms with Crippen molar-refractivity contribution in [2.45, 2.75) is 32.6 Å². The van der Waals surface area contributed by atoms with Gasteiger partial charge in [-0.3, -0.25) is 0 Å². The minimum absolute atomic E-state index is 0.0700. The summed E-state index contributed by atoms with van der Waals surface area (Å²) in [5, 5.41) is 10.5. The van der Waals surface area contributed by atoms with E-state index in [1.165, 1.54) is 6.07 Å². The summed E-state index contributed by atoms with van der Waals surface area (Å²) >= 11 is 0. The third-order valence-corrected chi connectivity index (χ3v) is 4.85. The fourth-order valence-electron chi connectivity index (χ4n) is 2.17. The quantitative estimate of drug-likeness (QED) is 0.614. The van der Waals surface area contributed by atoms with Gasteiger partial charge in [-0.2, -0.15) is 0 Å². The van der Waals surface area contributed by atoms with Gasteiger partial charge in [0.05, 0.1) is 0 Å². The number of nitro groups is 1. The molecule has 8 heteroatoms. The van der Waals surface area contributed by atoms with E-state index in [9.17, 15) is 18.5 Å². The summed E-state index contributed by atoms with van der Waals surface area (Å²) < 4.78 is 26.8. The number of hydrogen-bond acceptors (Lipinski definition) is 5. The van der Waals surface area contributed by atoms with Crippen LogP contribution in [0.5, 0.6) is 0 Å². The zero-order valence-corrected chi connectivity index (χ0v) is 13.4. The van der Waals surface area contributed by atoms with E-state index >= 15 is 0 Å². The van der Waals surface area contributed by atoms with Crippen LogP contribution in [0.1, 0.15) is 27.7 Å². The molecule has 1 aromatic rings. The number of sulfonamides is 1. The van der Waals surface area contributed by atoms with Crippen LogP contribution in [0, 0.1) is 27.9 Å². The van der Waals surface area contributed by atoms with Crippen LogP contribution in [0.3, 0.4) is 0 Å². The second-order valence-corrected chi connectivity index (χ2v) is 7.38. The average molecular weight is 315 g/mol. The molecule has 0 aliphatic carbocycles. The molecule has 0 spiro atoms. The van der Waals surface area contributed by atoms with Crippen molar-refractivity contribution in [1.82, 2.24) is 9.71 Å². The van der Waals surface area contributed by atoms with E-state index in [-0.39, 0.29) is 16.6 Å². The van der Waals surface area contributed by atoms with E-state index in [0.717, 1.165) is 12.3 Å². The molecule has 0 amide bonds. The SMILES string of the molecule is CC(C)C(CNS(=O)(=O)c1ccc([N+](=O)[O-])nc1)C(C)C. The summed E-state index contributed by atoms with van der Waals surface area (Å²) in [5.41, 5.74) is 0. The predicted molar refractivity (Wildman–Crippen MR) is 79.2 cm³/mol. The Bertz CT molecular complexity index is 574. The lowest BCUT2D eigenvalue weighted by Gasteiger charge is -2.24. The number of pyridine rings is 1. The lowest BCUT2D eigenvalue weighted by atomic mass is 9.86. The van der Waals surface area contributed by atoms with Gasteiger partial charge in [0.25, 0.3) is 0 Å². The van der Waals surface area contributed by atoms with Crippen LogP contribution in [-0.2, 0) is 10.0 Å². The Balaban J connectivity index is 2.84. The first-order chi connectivity index (χ1) is 9.65. The van der Waals surface area contributed by atoms with Gasteiger partial charge in [0.2, 0.25) is 10.0 Å². The molecule has 0 aromatic carbocycles. The first kappa shape index (κ1) is 17.5.